The van der Waals surface area contributed by atoms with Crippen LogP contribution in [-0.4, -0.2) is 13.0 Å². The Kier molecular flexibility index (Phi) is 45.9. The first-order valence-electron chi connectivity index (χ1n) is 25.1. The molecular formula is C51H95KO3S. The van der Waals surface area contributed by atoms with E-state index in [1.54, 1.807) is 6.07 Å². The SMILES string of the molecule is CCCCCCCCCCCCCCCCCCCCCCCCCCCCCCCCCCCCCCCCCCCCCc1cccc(S(=O)(=O)[O-])c1.[K+]. The molecule has 0 aliphatic heterocycles. The fourth-order valence-corrected chi connectivity index (χ4v) is 9.05. The summed E-state index contributed by atoms with van der Waals surface area (Å²) in [4.78, 5) is -0.104. The second kappa shape index (κ2) is 45.3. The van der Waals surface area contributed by atoms with Gasteiger partial charge in [-0.3, -0.25) is 0 Å². The Labute approximate surface area is 394 Å². The number of hydrogen-bond acceptors (Lipinski definition) is 3. The Bertz CT molecular complexity index is 1010. The van der Waals surface area contributed by atoms with Crippen molar-refractivity contribution in [2.75, 3.05) is 0 Å². The maximum atomic E-state index is 11.2. The summed E-state index contributed by atoms with van der Waals surface area (Å²) in [6, 6.07) is 6.51. The molecule has 56 heavy (non-hydrogen) atoms. The van der Waals surface area contributed by atoms with E-state index in [9.17, 15) is 13.0 Å². The third-order valence-corrected chi connectivity index (χ3v) is 13.1. The van der Waals surface area contributed by atoms with E-state index in [4.69, 9.17) is 0 Å². The molecule has 0 saturated carbocycles. The van der Waals surface area contributed by atoms with Crippen molar-refractivity contribution >= 4 is 10.1 Å². The number of aryl methyl sites for hydroxylation is 1. The van der Waals surface area contributed by atoms with Crippen LogP contribution in [0.2, 0.25) is 0 Å². The van der Waals surface area contributed by atoms with Crippen LogP contribution in [0, 0.1) is 0 Å². The van der Waals surface area contributed by atoms with Crippen LogP contribution in [0.4, 0.5) is 0 Å². The Morgan fingerprint density at radius 1 is 0.357 bits per heavy atom. The number of benzene rings is 1. The van der Waals surface area contributed by atoms with Crippen molar-refractivity contribution in [2.24, 2.45) is 0 Å². The predicted octanol–water partition coefficient (Wildman–Crippen LogP) is 14.9. The average Bonchev–Trinajstić information content (AvgIpc) is 3.18. The molecule has 1 aromatic rings. The molecule has 0 unspecified atom stereocenters. The van der Waals surface area contributed by atoms with Gasteiger partial charge in [0.05, 0.1) is 4.90 Å². The van der Waals surface area contributed by atoms with Gasteiger partial charge in [-0.1, -0.05) is 289 Å². The van der Waals surface area contributed by atoms with Crippen LogP contribution in [0.3, 0.4) is 0 Å². The van der Waals surface area contributed by atoms with Gasteiger partial charge in [0.15, 0.2) is 0 Å². The molecule has 0 aromatic heterocycles. The van der Waals surface area contributed by atoms with Crippen LogP contribution in [0.15, 0.2) is 29.2 Å². The second-order valence-corrected chi connectivity index (χ2v) is 19.1. The summed E-state index contributed by atoms with van der Waals surface area (Å²) in [5, 5.41) is 0. The zero-order valence-electron chi connectivity index (χ0n) is 38.1. The van der Waals surface area contributed by atoms with Crippen molar-refractivity contribution in [1.29, 1.82) is 0 Å². The summed E-state index contributed by atoms with van der Waals surface area (Å²) < 4.78 is 33.5. The van der Waals surface area contributed by atoms with Crippen molar-refractivity contribution in [3.05, 3.63) is 29.8 Å². The van der Waals surface area contributed by atoms with Gasteiger partial charge < -0.3 is 4.55 Å². The molecule has 1 rings (SSSR count). The smallest absolute Gasteiger partial charge is 0.744 e. The fourth-order valence-electron chi connectivity index (χ4n) is 8.51. The minimum Gasteiger partial charge on any atom is -0.744 e. The van der Waals surface area contributed by atoms with E-state index >= 15 is 0 Å². The van der Waals surface area contributed by atoms with Crippen molar-refractivity contribution in [3.8, 4) is 0 Å². The van der Waals surface area contributed by atoms with Gasteiger partial charge in [-0.05, 0) is 30.5 Å². The van der Waals surface area contributed by atoms with Gasteiger partial charge in [-0.2, -0.15) is 0 Å². The van der Waals surface area contributed by atoms with Crippen LogP contribution in [-0.2, 0) is 16.5 Å². The molecule has 0 bridgehead atoms. The summed E-state index contributed by atoms with van der Waals surface area (Å²) in [5.41, 5.74) is 0.953. The molecule has 0 spiro atoms. The first kappa shape index (κ1) is 56.8. The van der Waals surface area contributed by atoms with Gasteiger partial charge in [0.2, 0.25) is 0 Å². The molecule has 0 amide bonds. The predicted molar refractivity (Wildman–Crippen MR) is 242 cm³/mol. The molecule has 0 saturated heterocycles. The van der Waals surface area contributed by atoms with Crippen LogP contribution >= 0.6 is 0 Å². The summed E-state index contributed by atoms with van der Waals surface area (Å²) >= 11 is 0. The van der Waals surface area contributed by atoms with E-state index in [2.05, 4.69) is 6.92 Å². The summed E-state index contributed by atoms with van der Waals surface area (Å²) in [6.07, 6.45) is 62.4. The van der Waals surface area contributed by atoms with E-state index in [-0.39, 0.29) is 56.3 Å². The Hall–Kier alpha value is 0.766. The van der Waals surface area contributed by atoms with E-state index in [1.165, 1.54) is 282 Å². The van der Waals surface area contributed by atoms with Crippen molar-refractivity contribution < 1.29 is 64.4 Å². The zero-order chi connectivity index (χ0) is 39.6. The van der Waals surface area contributed by atoms with Gasteiger partial charge in [-0.25, -0.2) is 8.42 Å². The molecule has 0 N–H and O–H groups in total. The third kappa shape index (κ3) is 41.5. The van der Waals surface area contributed by atoms with Gasteiger partial charge in [0, 0.05) is 0 Å². The minimum atomic E-state index is -4.35. The Balaban J connectivity index is 0.0000302. The Morgan fingerprint density at radius 3 is 0.786 bits per heavy atom. The molecule has 0 atom stereocenters. The molecule has 0 heterocycles. The maximum absolute atomic E-state index is 11.2. The third-order valence-electron chi connectivity index (χ3n) is 12.3. The van der Waals surface area contributed by atoms with Crippen molar-refractivity contribution in [3.63, 3.8) is 0 Å². The van der Waals surface area contributed by atoms with E-state index in [0.717, 1.165) is 18.4 Å². The molecule has 0 aliphatic carbocycles. The van der Waals surface area contributed by atoms with Gasteiger partial charge in [0.25, 0.3) is 0 Å². The van der Waals surface area contributed by atoms with E-state index in [0.29, 0.717) is 0 Å². The first-order chi connectivity index (χ1) is 27.0. The van der Waals surface area contributed by atoms with Gasteiger partial charge in [-0.15, -0.1) is 0 Å². The van der Waals surface area contributed by atoms with E-state index in [1.807, 2.05) is 6.07 Å². The van der Waals surface area contributed by atoms with Gasteiger partial charge in [0.1, 0.15) is 10.1 Å². The number of unbranched alkanes of at least 4 members (excludes halogenated alkanes) is 42. The molecule has 0 aliphatic rings. The molecule has 324 valence electrons. The maximum Gasteiger partial charge on any atom is 1.00 e. The second-order valence-electron chi connectivity index (χ2n) is 17.7. The van der Waals surface area contributed by atoms with Crippen LogP contribution < -0.4 is 51.4 Å². The Morgan fingerprint density at radius 2 is 0.571 bits per heavy atom. The normalized spacial score (nSPS) is 11.7. The molecule has 0 radical (unpaired) electrons. The molecule has 3 nitrogen and oxygen atoms in total. The van der Waals surface area contributed by atoms with E-state index < -0.39 is 10.1 Å². The summed E-state index contributed by atoms with van der Waals surface area (Å²) in [5.74, 6) is 0. The zero-order valence-corrected chi connectivity index (χ0v) is 42.0. The molecule has 1 aromatic carbocycles. The fraction of sp³-hybridized carbons (Fsp3) is 0.882. The monoisotopic (exact) mass is 827 g/mol. The topological polar surface area (TPSA) is 57.2 Å². The number of rotatable bonds is 45. The molecule has 5 heteroatoms. The average molecular weight is 827 g/mol. The molecule has 0 fully saturated rings. The first-order valence-corrected chi connectivity index (χ1v) is 26.5. The standard InChI is InChI=1S/C51H96O3S.K/c1-2-3-4-5-6-7-8-9-10-11-12-13-14-15-16-17-18-19-20-21-22-23-24-25-26-27-28-29-30-31-32-33-34-35-36-37-38-39-40-41-42-43-44-46-50-47-45-48-51(49-50)55(52,53)54;/h45,47-49H,2-44,46H2,1H3,(H,52,53,54);/q;+1/p-1. The molecular weight excluding hydrogens is 732 g/mol. The summed E-state index contributed by atoms with van der Waals surface area (Å²) in [6.45, 7) is 2.31. The van der Waals surface area contributed by atoms with Crippen LogP contribution in [0.25, 0.3) is 0 Å². The quantitative estimate of drug-likeness (QED) is 0.0374. The van der Waals surface area contributed by atoms with Crippen molar-refractivity contribution in [1.82, 2.24) is 0 Å². The van der Waals surface area contributed by atoms with Crippen LogP contribution in [0.5, 0.6) is 0 Å². The largest absolute Gasteiger partial charge is 1.00 e. The minimum absolute atomic E-state index is 0. The summed E-state index contributed by atoms with van der Waals surface area (Å²) in [7, 11) is -4.35. The number of hydrogen-bond donors (Lipinski definition) is 0. The van der Waals surface area contributed by atoms with Gasteiger partial charge >= 0.3 is 51.4 Å². The van der Waals surface area contributed by atoms with Crippen LogP contribution in [0.1, 0.15) is 289 Å². The van der Waals surface area contributed by atoms with Crippen molar-refractivity contribution in [2.45, 2.75) is 294 Å².